The standard InChI is InChI=1S/C17H14ClN3O/c18-16-12(5-3-8-19-16)17(22)21-9-7-15-13(10-21)11-4-1-2-6-14(11)20-15/h1-6,8,20H,7,9-10H2. The fourth-order valence-electron chi connectivity index (χ4n) is 3.06. The van der Waals surface area contributed by atoms with Crippen LogP contribution >= 0.6 is 11.6 Å². The summed E-state index contributed by atoms with van der Waals surface area (Å²) in [5.74, 6) is -0.0611. The van der Waals surface area contributed by atoms with E-state index in [0.29, 0.717) is 18.7 Å². The summed E-state index contributed by atoms with van der Waals surface area (Å²) in [5, 5.41) is 1.45. The van der Waals surface area contributed by atoms with Crippen molar-refractivity contribution in [2.75, 3.05) is 6.54 Å². The third kappa shape index (κ3) is 2.07. The van der Waals surface area contributed by atoms with Crippen molar-refractivity contribution >= 4 is 28.4 Å². The van der Waals surface area contributed by atoms with Gasteiger partial charge >= 0.3 is 0 Å². The van der Waals surface area contributed by atoms with Crippen molar-refractivity contribution in [2.45, 2.75) is 13.0 Å². The second-order valence-corrected chi connectivity index (χ2v) is 5.80. The van der Waals surface area contributed by atoms with Crippen LogP contribution in [0.5, 0.6) is 0 Å². The second-order valence-electron chi connectivity index (χ2n) is 5.45. The Kier molecular flexibility index (Phi) is 3.12. The highest BCUT2D eigenvalue weighted by Gasteiger charge is 2.25. The molecule has 3 aromatic rings. The van der Waals surface area contributed by atoms with Gasteiger partial charge in [0, 0.05) is 47.9 Å². The number of benzene rings is 1. The van der Waals surface area contributed by atoms with Crippen LogP contribution in [0.4, 0.5) is 0 Å². The molecule has 1 aliphatic rings. The fraction of sp³-hybridized carbons (Fsp3) is 0.176. The molecule has 0 saturated heterocycles. The molecule has 4 nitrogen and oxygen atoms in total. The molecule has 0 saturated carbocycles. The Morgan fingerprint density at radius 3 is 2.95 bits per heavy atom. The van der Waals surface area contributed by atoms with E-state index in [-0.39, 0.29) is 11.1 Å². The Hall–Kier alpha value is -2.33. The number of pyridine rings is 1. The molecule has 110 valence electrons. The third-order valence-corrected chi connectivity index (χ3v) is 4.46. The highest BCUT2D eigenvalue weighted by atomic mass is 35.5. The molecule has 4 rings (SSSR count). The van der Waals surface area contributed by atoms with Gasteiger partial charge in [0.15, 0.2) is 0 Å². The number of carbonyl (C=O) groups excluding carboxylic acids is 1. The van der Waals surface area contributed by atoms with Crippen LogP contribution in [0.2, 0.25) is 5.15 Å². The number of aromatic nitrogens is 2. The molecule has 0 unspecified atom stereocenters. The normalized spacial score (nSPS) is 14.1. The summed E-state index contributed by atoms with van der Waals surface area (Å²) in [6.45, 7) is 1.29. The van der Waals surface area contributed by atoms with Crippen LogP contribution in [-0.2, 0) is 13.0 Å². The zero-order chi connectivity index (χ0) is 15.1. The van der Waals surface area contributed by atoms with Gasteiger partial charge in [0.1, 0.15) is 5.15 Å². The molecule has 2 aromatic heterocycles. The first-order valence-electron chi connectivity index (χ1n) is 7.22. The van der Waals surface area contributed by atoms with E-state index >= 15 is 0 Å². The van der Waals surface area contributed by atoms with Gasteiger partial charge in [-0.15, -0.1) is 0 Å². The van der Waals surface area contributed by atoms with Gasteiger partial charge in [0.2, 0.25) is 0 Å². The van der Waals surface area contributed by atoms with Gasteiger partial charge in [0.25, 0.3) is 5.91 Å². The summed E-state index contributed by atoms with van der Waals surface area (Å²) in [7, 11) is 0. The maximum atomic E-state index is 12.7. The van der Waals surface area contributed by atoms with Crippen molar-refractivity contribution < 1.29 is 4.79 Å². The number of H-pyrrole nitrogens is 1. The van der Waals surface area contributed by atoms with Gasteiger partial charge < -0.3 is 9.88 Å². The first kappa shape index (κ1) is 13.3. The Bertz CT molecular complexity index is 871. The third-order valence-electron chi connectivity index (χ3n) is 4.16. The van der Waals surface area contributed by atoms with Crippen LogP contribution in [-0.4, -0.2) is 27.3 Å². The van der Waals surface area contributed by atoms with Gasteiger partial charge in [-0.05, 0) is 18.2 Å². The predicted octanol–water partition coefficient (Wildman–Crippen LogP) is 3.41. The number of nitrogens with zero attached hydrogens (tertiary/aromatic N) is 2. The van der Waals surface area contributed by atoms with Crippen LogP contribution in [0.1, 0.15) is 21.6 Å². The van der Waals surface area contributed by atoms with Gasteiger partial charge in [0.05, 0.1) is 5.56 Å². The Labute approximate surface area is 132 Å². The molecule has 22 heavy (non-hydrogen) atoms. The van der Waals surface area contributed by atoms with E-state index in [1.807, 2.05) is 17.0 Å². The van der Waals surface area contributed by atoms with Gasteiger partial charge in [-0.2, -0.15) is 0 Å². The smallest absolute Gasteiger partial charge is 0.257 e. The number of nitrogens with one attached hydrogen (secondary N) is 1. The fourth-order valence-corrected chi connectivity index (χ4v) is 3.26. The molecule has 0 radical (unpaired) electrons. The number of hydrogen-bond acceptors (Lipinski definition) is 2. The molecule has 5 heteroatoms. The molecule has 0 bridgehead atoms. The largest absolute Gasteiger partial charge is 0.358 e. The van der Waals surface area contributed by atoms with Crippen LogP contribution in [0.25, 0.3) is 10.9 Å². The summed E-state index contributed by atoms with van der Waals surface area (Å²) >= 11 is 6.05. The number of carbonyl (C=O) groups is 1. The van der Waals surface area contributed by atoms with E-state index in [1.165, 1.54) is 16.6 Å². The number of hydrogen-bond donors (Lipinski definition) is 1. The van der Waals surface area contributed by atoms with Crippen molar-refractivity contribution in [1.29, 1.82) is 0 Å². The van der Waals surface area contributed by atoms with E-state index in [1.54, 1.807) is 18.3 Å². The summed E-state index contributed by atoms with van der Waals surface area (Å²) in [6, 6.07) is 11.7. The summed E-state index contributed by atoms with van der Waals surface area (Å²) in [4.78, 5) is 22.0. The molecule has 0 spiro atoms. The van der Waals surface area contributed by atoms with Crippen molar-refractivity contribution in [3.8, 4) is 0 Å². The van der Waals surface area contributed by atoms with E-state index in [4.69, 9.17) is 11.6 Å². The SMILES string of the molecule is O=C(c1cccnc1Cl)N1CCc2[nH]c3ccccc3c2C1. The summed E-state index contributed by atoms with van der Waals surface area (Å²) in [5.41, 5.74) is 4.02. The van der Waals surface area contributed by atoms with Crippen LogP contribution in [0.3, 0.4) is 0 Å². The van der Waals surface area contributed by atoms with Crippen LogP contribution < -0.4 is 0 Å². The van der Waals surface area contributed by atoms with E-state index in [0.717, 1.165) is 11.9 Å². The minimum Gasteiger partial charge on any atom is -0.358 e. The average molecular weight is 312 g/mol. The molecule has 1 N–H and O–H groups in total. The highest BCUT2D eigenvalue weighted by Crippen LogP contribution is 2.28. The number of halogens is 1. The molecule has 1 amide bonds. The van der Waals surface area contributed by atoms with Crippen LogP contribution in [0, 0.1) is 0 Å². The average Bonchev–Trinajstić information content (AvgIpc) is 2.92. The Morgan fingerprint density at radius 2 is 2.09 bits per heavy atom. The van der Waals surface area contributed by atoms with Crippen molar-refractivity contribution in [3.05, 3.63) is 64.6 Å². The van der Waals surface area contributed by atoms with Gasteiger partial charge in [-0.3, -0.25) is 4.79 Å². The minimum absolute atomic E-state index is 0.0611. The van der Waals surface area contributed by atoms with E-state index in [2.05, 4.69) is 22.1 Å². The lowest BCUT2D eigenvalue weighted by molar-refractivity contribution is 0.0735. The number of amides is 1. The first-order valence-corrected chi connectivity index (χ1v) is 7.60. The van der Waals surface area contributed by atoms with Gasteiger partial charge in [-0.25, -0.2) is 4.98 Å². The maximum absolute atomic E-state index is 12.7. The number of para-hydroxylation sites is 1. The minimum atomic E-state index is -0.0611. The quantitative estimate of drug-likeness (QED) is 0.700. The molecule has 1 aromatic carbocycles. The molecular formula is C17H14ClN3O. The summed E-state index contributed by atoms with van der Waals surface area (Å²) < 4.78 is 0. The lowest BCUT2D eigenvalue weighted by Crippen LogP contribution is -2.36. The van der Waals surface area contributed by atoms with Gasteiger partial charge in [-0.1, -0.05) is 29.8 Å². The number of rotatable bonds is 1. The lowest BCUT2D eigenvalue weighted by Gasteiger charge is -2.27. The maximum Gasteiger partial charge on any atom is 0.257 e. The predicted molar refractivity (Wildman–Crippen MR) is 86.0 cm³/mol. The number of fused-ring (bicyclic) bond motifs is 3. The molecule has 0 fully saturated rings. The molecule has 3 heterocycles. The van der Waals surface area contributed by atoms with E-state index < -0.39 is 0 Å². The number of aromatic amines is 1. The highest BCUT2D eigenvalue weighted by molar-refractivity contribution is 6.32. The monoisotopic (exact) mass is 311 g/mol. The summed E-state index contributed by atoms with van der Waals surface area (Å²) in [6.07, 6.45) is 2.42. The van der Waals surface area contributed by atoms with Crippen LogP contribution in [0.15, 0.2) is 42.6 Å². The molecule has 0 aliphatic carbocycles. The molecule has 0 atom stereocenters. The zero-order valence-electron chi connectivity index (χ0n) is 11.8. The van der Waals surface area contributed by atoms with E-state index in [9.17, 15) is 4.79 Å². The zero-order valence-corrected chi connectivity index (χ0v) is 12.6. The van der Waals surface area contributed by atoms with Crippen molar-refractivity contribution in [2.24, 2.45) is 0 Å². The van der Waals surface area contributed by atoms with Crippen molar-refractivity contribution in [3.63, 3.8) is 0 Å². The van der Waals surface area contributed by atoms with Crippen molar-refractivity contribution in [1.82, 2.24) is 14.9 Å². The first-order chi connectivity index (χ1) is 10.7. The Morgan fingerprint density at radius 1 is 1.23 bits per heavy atom. The topological polar surface area (TPSA) is 49.0 Å². The Balaban J connectivity index is 1.70. The lowest BCUT2D eigenvalue weighted by atomic mass is 10.0. The molecular weight excluding hydrogens is 298 g/mol. The second kappa shape index (κ2) is 5.14. The molecule has 1 aliphatic heterocycles.